The largest absolute Gasteiger partial charge is 0.466 e. The second-order valence-electron chi connectivity index (χ2n) is 2.55. The van der Waals surface area contributed by atoms with Gasteiger partial charge < -0.3 is 4.74 Å². The van der Waals surface area contributed by atoms with Crippen LogP contribution in [0, 0.1) is 5.82 Å². The lowest BCUT2D eigenvalue weighted by Crippen LogP contribution is -1.96. The van der Waals surface area contributed by atoms with Crippen LogP contribution in [0.25, 0.3) is 0 Å². The van der Waals surface area contributed by atoms with Crippen LogP contribution >= 0.6 is 0 Å². The summed E-state index contributed by atoms with van der Waals surface area (Å²) in [5.74, 6) is -1.19. The lowest BCUT2D eigenvalue weighted by Gasteiger charge is -1.97. The summed E-state index contributed by atoms with van der Waals surface area (Å²) >= 11 is 0. The van der Waals surface area contributed by atoms with Gasteiger partial charge in [0.1, 0.15) is 5.82 Å². The fraction of sp³-hybridized carbons (Fsp3) is 0.100. The fourth-order valence-electron chi connectivity index (χ4n) is 0.867. The van der Waals surface area contributed by atoms with Crippen molar-refractivity contribution in [3.05, 3.63) is 41.6 Å². The summed E-state index contributed by atoms with van der Waals surface area (Å²) in [6.45, 7) is 0. The first-order chi connectivity index (χ1) is 7.15. The number of esters is 1. The van der Waals surface area contributed by atoms with E-state index in [1.165, 1.54) is 25.3 Å². The highest BCUT2D eigenvalue weighted by atomic mass is 32.2. The molecule has 1 unspecified atom stereocenters. The first kappa shape index (κ1) is 11.6. The Balaban J connectivity index is 2.83. The summed E-state index contributed by atoms with van der Waals surface area (Å²) in [7, 11) is -0.467. The molecular formula is C10H9FO3S. The molecule has 0 radical (unpaired) electrons. The second-order valence-corrected chi connectivity index (χ2v) is 3.86. The molecule has 0 aliphatic rings. The summed E-state index contributed by atoms with van der Waals surface area (Å²) in [5.41, 5.74) is 0. The summed E-state index contributed by atoms with van der Waals surface area (Å²) in [6.07, 6.45) is 1.00. The van der Waals surface area contributed by atoms with Crippen LogP contribution in [0.3, 0.4) is 0 Å². The van der Waals surface area contributed by atoms with Gasteiger partial charge in [0, 0.05) is 11.5 Å². The number of carbonyl (C=O) groups is 1. The van der Waals surface area contributed by atoms with Crippen molar-refractivity contribution in [2.45, 2.75) is 4.90 Å². The Labute approximate surface area is 89.0 Å². The van der Waals surface area contributed by atoms with Gasteiger partial charge in [0.2, 0.25) is 0 Å². The summed E-state index contributed by atoms with van der Waals surface area (Å²) in [6, 6.07) is 5.68. The van der Waals surface area contributed by atoms with Gasteiger partial charge in [-0.2, -0.15) is 0 Å². The molecule has 0 saturated heterocycles. The monoisotopic (exact) mass is 228 g/mol. The molecule has 0 bridgehead atoms. The molecule has 1 aromatic rings. The minimum absolute atomic E-state index is 0.0395. The van der Waals surface area contributed by atoms with E-state index in [-0.39, 0.29) is 4.90 Å². The molecule has 5 heteroatoms. The average molecular weight is 228 g/mol. The fourth-order valence-corrected chi connectivity index (χ4v) is 1.72. The number of hydrogen-bond acceptors (Lipinski definition) is 3. The van der Waals surface area contributed by atoms with Crippen LogP contribution in [0.1, 0.15) is 0 Å². The van der Waals surface area contributed by atoms with E-state index in [0.29, 0.717) is 0 Å². The minimum atomic E-state index is -1.67. The zero-order valence-corrected chi connectivity index (χ0v) is 8.79. The SMILES string of the molecule is COC(=O)/C=C/S(=O)c1ccccc1F. The van der Waals surface area contributed by atoms with E-state index in [1.807, 2.05) is 0 Å². The maximum Gasteiger partial charge on any atom is 0.331 e. The van der Waals surface area contributed by atoms with Crippen LogP contribution < -0.4 is 0 Å². The first-order valence-electron chi connectivity index (χ1n) is 4.06. The number of rotatable bonds is 3. The molecule has 80 valence electrons. The molecule has 1 aromatic carbocycles. The van der Waals surface area contributed by atoms with E-state index < -0.39 is 22.6 Å². The Kier molecular flexibility index (Phi) is 4.17. The number of methoxy groups -OCH3 is 1. The number of carbonyl (C=O) groups excluding carboxylic acids is 1. The molecule has 0 amide bonds. The molecule has 0 aliphatic heterocycles. The highest BCUT2D eigenvalue weighted by Gasteiger charge is 2.06. The van der Waals surface area contributed by atoms with Crippen molar-refractivity contribution in [1.29, 1.82) is 0 Å². The third-order valence-electron chi connectivity index (χ3n) is 1.58. The number of benzene rings is 1. The van der Waals surface area contributed by atoms with Gasteiger partial charge in [0.15, 0.2) is 0 Å². The Morgan fingerprint density at radius 3 is 2.73 bits per heavy atom. The standard InChI is InChI=1S/C10H9FO3S/c1-14-10(12)6-7-15(13)9-5-3-2-4-8(9)11/h2-7H,1H3/b7-6+. The van der Waals surface area contributed by atoms with Gasteiger partial charge in [-0.3, -0.25) is 0 Å². The third kappa shape index (κ3) is 3.28. The predicted octanol–water partition coefficient (Wildman–Crippen LogP) is 1.62. The molecule has 0 spiro atoms. The van der Waals surface area contributed by atoms with E-state index in [1.54, 1.807) is 6.07 Å². The van der Waals surface area contributed by atoms with E-state index in [4.69, 9.17) is 0 Å². The number of ether oxygens (including phenoxy) is 1. The first-order valence-corrected chi connectivity index (χ1v) is 5.27. The highest BCUT2D eigenvalue weighted by Crippen LogP contribution is 2.12. The predicted molar refractivity (Wildman–Crippen MR) is 54.0 cm³/mol. The van der Waals surface area contributed by atoms with Crippen molar-refractivity contribution in [3.63, 3.8) is 0 Å². The maximum atomic E-state index is 13.1. The molecule has 0 N–H and O–H groups in total. The Hall–Kier alpha value is -1.49. The molecule has 15 heavy (non-hydrogen) atoms. The van der Waals surface area contributed by atoms with Crippen LogP contribution in [-0.4, -0.2) is 17.3 Å². The highest BCUT2D eigenvalue weighted by molar-refractivity contribution is 7.88. The van der Waals surface area contributed by atoms with Crippen molar-refractivity contribution in [2.24, 2.45) is 0 Å². The third-order valence-corrected chi connectivity index (χ3v) is 2.73. The molecule has 0 aromatic heterocycles. The quantitative estimate of drug-likeness (QED) is 0.583. The molecule has 0 fully saturated rings. The van der Waals surface area contributed by atoms with Gasteiger partial charge >= 0.3 is 5.97 Å². The molecule has 0 saturated carbocycles. The molecule has 0 heterocycles. The molecular weight excluding hydrogens is 219 g/mol. The topological polar surface area (TPSA) is 43.4 Å². The van der Waals surface area contributed by atoms with Gasteiger partial charge in [-0.25, -0.2) is 13.4 Å². The van der Waals surface area contributed by atoms with E-state index in [0.717, 1.165) is 11.5 Å². The van der Waals surface area contributed by atoms with Gasteiger partial charge in [-0.1, -0.05) is 12.1 Å². The molecule has 3 nitrogen and oxygen atoms in total. The second kappa shape index (κ2) is 5.41. The summed E-state index contributed by atoms with van der Waals surface area (Å²) in [5, 5.41) is 1.09. The summed E-state index contributed by atoms with van der Waals surface area (Å²) < 4.78 is 28.9. The number of hydrogen-bond donors (Lipinski definition) is 0. The van der Waals surface area contributed by atoms with Crippen LogP contribution in [0.4, 0.5) is 4.39 Å². The van der Waals surface area contributed by atoms with Gasteiger partial charge in [-0.15, -0.1) is 0 Å². The average Bonchev–Trinajstić information content (AvgIpc) is 2.26. The Morgan fingerprint density at radius 1 is 1.47 bits per heavy atom. The van der Waals surface area contributed by atoms with Crippen molar-refractivity contribution >= 4 is 16.8 Å². The zero-order chi connectivity index (χ0) is 11.3. The van der Waals surface area contributed by atoms with E-state index >= 15 is 0 Å². The molecule has 0 aliphatic carbocycles. The maximum absolute atomic E-state index is 13.1. The lowest BCUT2D eigenvalue weighted by atomic mass is 10.3. The van der Waals surface area contributed by atoms with Crippen LogP contribution in [-0.2, 0) is 20.3 Å². The smallest absolute Gasteiger partial charge is 0.331 e. The molecule has 1 atom stereocenters. The zero-order valence-electron chi connectivity index (χ0n) is 7.98. The van der Waals surface area contributed by atoms with Crippen LogP contribution in [0.2, 0.25) is 0 Å². The van der Waals surface area contributed by atoms with Crippen LogP contribution in [0.5, 0.6) is 0 Å². The lowest BCUT2D eigenvalue weighted by molar-refractivity contribution is -0.134. The Morgan fingerprint density at radius 2 is 2.13 bits per heavy atom. The summed E-state index contributed by atoms with van der Waals surface area (Å²) in [4.78, 5) is 10.7. The van der Waals surface area contributed by atoms with Crippen molar-refractivity contribution < 1.29 is 18.1 Å². The van der Waals surface area contributed by atoms with E-state index in [9.17, 15) is 13.4 Å². The number of halogens is 1. The minimum Gasteiger partial charge on any atom is -0.466 e. The normalized spacial score (nSPS) is 12.7. The molecule has 1 rings (SSSR count). The van der Waals surface area contributed by atoms with Gasteiger partial charge in [-0.05, 0) is 12.1 Å². The van der Waals surface area contributed by atoms with Crippen molar-refractivity contribution in [1.82, 2.24) is 0 Å². The van der Waals surface area contributed by atoms with Crippen LogP contribution in [0.15, 0.2) is 40.6 Å². The van der Waals surface area contributed by atoms with Gasteiger partial charge in [0.05, 0.1) is 22.8 Å². The van der Waals surface area contributed by atoms with E-state index in [2.05, 4.69) is 4.74 Å². The van der Waals surface area contributed by atoms with Crippen molar-refractivity contribution in [3.8, 4) is 0 Å². The Bertz CT molecular complexity index is 415. The van der Waals surface area contributed by atoms with Gasteiger partial charge in [0.25, 0.3) is 0 Å². The van der Waals surface area contributed by atoms with Crippen molar-refractivity contribution in [2.75, 3.05) is 7.11 Å².